The van der Waals surface area contributed by atoms with Crippen LogP contribution in [-0.4, -0.2) is 53.6 Å². The number of aliphatic carboxylic acids is 2. The van der Waals surface area contributed by atoms with Crippen molar-refractivity contribution in [2.75, 3.05) is 26.3 Å². The zero-order chi connectivity index (χ0) is 16.8. The van der Waals surface area contributed by atoms with Crippen LogP contribution in [0.1, 0.15) is 12.8 Å². The van der Waals surface area contributed by atoms with Crippen molar-refractivity contribution in [3.8, 4) is 5.75 Å². The first-order valence-corrected chi connectivity index (χ1v) is 7.43. The monoisotopic (exact) mass is 377 g/mol. The van der Waals surface area contributed by atoms with Gasteiger partial charge in [0.25, 0.3) is 0 Å². The fourth-order valence-corrected chi connectivity index (χ4v) is 1.70. The lowest BCUT2D eigenvalue weighted by Crippen LogP contribution is -2.19. The highest BCUT2D eigenvalue weighted by Crippen LogP contribution is 2.23. The maximum absolute atomic E-state index is 9.10. The summed E-state index contributed by atoms with van der Waals surface area (Å²) in [5.74, 6) is -2.75. The number of carboxylic acid groups (broad SMARTS) is 2. The van der Waals surface area contributed by atoms with Crippen LogP contribution < -0.4 is 10.1 Å². The molecule has 0 saturated heterocycles. The first-order chi connectivity index (χ1) is 10.5. The summed E-state index contributed by atoms with van der Waals surface area (Å²) in [4.78, 5) is 18.2. The van der Waals surface area contributed by atoms with Crippen molar-refractivity contribution in [1.82, 2.24) is 5.32 Å². The molecule has 0 saturated carbocycles. The molecule has 0 bridgehead atoms. The Morgan fingerprint density at radius 3 is 2.27 bits per heavy atom. The zero-order valence-corrected chi connectivity index (χ0v) is 13.6. The van der Waals surface area contributed by atoms with Gasteiger partial charge in [-0.05, 0) is 47.4 Å². The molecule has 1 rings (SSSR count). The van der Waals surface area contributed by atoms with Crippen LogP contribution in [0.15, 0.2) is 28.7 Å². The van der Waals surface area contributed by atoms with Crippen LogP contribution in [-0.2, 0) is 9.59 Å². The molecule has 0 unspecified atom stereocenters. The second-order valence-corrected chi connectivity index (χ2v) is 4.92. The third-order valence-electron chi connectivity index (χ3n) is 2.31. The molecule has 1 aromatic rings. The van der Waals surface area contributed by atoms with Gasteiger partial charge in [0.05, 0.1) is 17.7 Å². The molecule has 124 valence electrons. The van der Waals surface area contributed by atoms with Crippen molar-refractivity contribution in [3.63, 3.8) is 0 Å². The number of nitrogens with one attached hydrogen (secondary N) is 1. The number of aliphatic hydroxyl groups excluding tert-OH is 1. The molecule has 4 N–H and O–H groups in total. The smallest absolute Gasteiger partial charge is 0.414 e. The second kappa shape index (κ2) is 13.1. The van der Waals surface area contributed by atoms with Crippen molar-refractivity contribution in [3.05, 3.63) is 28.7 Å². The Hall–Kier alpha value is -1.64. The summed E-state index contributed by atoms with van der Waals surface area (Å²) in [5, 5.41) is 26.5. The van der Waals surface area contributed by atoms with Crippen LogP contribution in [0.25, 0.3) is 0 Å². The fourth-order valence-electron chi connectivity index (χ4n) is 1.30. The predicted molar refractivity (Wildman–Crippen MR) is 84.1 cm³/mol. The number of benzene rings is 1. The number of carbonyl (C=O) groups is 2. The Morgan fingerprint density at radius 1 is 1.09 bits per heavy atom. The van der Waals surface area contributed by atoms with Gasteiger partial charge in [-0.1, -0.05) is 12.1 Å². The molecule has 0 atom stereocenters. The number of hydrogen-bond donors (Lipinski definition) is 4. The van der Waals surface area contributed by atoms with Gasteiger partial charge >= 0.3 is 11.9 Å². The number of rotatable bonds is 8. The van der Waals surface area contributed by atoms with Gasteiger partial charge in [-0.25, -0.2) is 9.59 Å². The minimum absolute atomic E-state index is 0.202. The molecule has 0 aliphatic rings. The minimum Gasteiger partial charge on any atom is -0.492 e. The number of halogens is 1. The van der Waals surface area contributed by atoms with Crippen LogP contribution in [0, 0.1) is 0 Å². The molecule has 0 amide bonds. The Labute approximate surface area is 137 Å². The van der Waals surface area contributed by atoms with Gasteiger partial charge in [0.2, 0.25) is 0 Å². The standard InChI is InChI=1S/C12H18BrNO2.C2H2O4/c13-11-5-1-2-6-12(11)16-10-4-3-7-14-8-9-15;3-1(4)2(5)6/h1-2,5-6,14-15H,3-4,7-10H2;(H,3,4)(H,5,6). The molecule has 0 fully saturated rings. The van der Waals surface area contributed by atoms with Gasteiger partial charge in [-0.15, -0.1) is 0 Å². The molecule has 22 heavy (non-hydrogen) atoms. The number of para-hydroxylation sites is 1. The number of carboxylic acids is 2. The van der Waals surface area contributed by atoms with Gasteiger partial charge in [-0.3, -0.25) is 0 Å². The Balaban J connectivity index is 0.000000626. The molecule has 0 radical (unpaired) electrons. The molecule has 0 heterocycles. The second-order valence-electron chi connectivity index (χ2n) is 4.07. The molecule has 8 heteroatoms. The maximum Gasteiger partial charge on any atom is 0.414 e. The van der Waals surface area contributed by atoms with Crippen LogP contribution in [0.4, 0.5) is 0 Å². The van der Waals surface area contributed by atoms with Crippen LogP contribution >= 0.6 is 15.9 Å². The highest BCUT2D eigenvalue weighted by atomic mass is 79.9. The van der Waals surface area contributed by atoms with Crippen LogP contribution in [0.2, 0.25) is 0 Å². The third-order valence-corrected chi connectivity index (χ3v) is 2.97. The number of hydrogen-bond acceptors (Lipinski definition) is 5. The van der Waals surface area contributed by atoms with E-state index >= 15 is 0 Å². The molecule has 0 aliphatic heterocycles. The summed E-state index contributed by atoms with van der Waals surface area (Å²) in [5.41, 5.74) is 0. The summed E-state index contributed by atoms with van der Waals surface area (Å²) in [6.07, 6.45) is 2.07. The van der Waals surface area contributed by atoms with E-state index in [1.807, 2.05) is 24.3 Å². The molecular formula is C14H20BrNO6. The predicted octanol–water partition coefficient (Wildman–Crippen LogP) is 1.35. The quantitative estimate of drug-likeness (QED) is 0.399. The average molecular weight is 378 g/mol. The average Bonchev–Trinajstić information content (AvgIpc) is 2.48. The summed E-state index contributed by atoms with van der Waals surface area (Å²) < 4.78 is 6.61. The van der Waals surface area contributed by atoms with Gasteiger partial charge in [-0.2, -0.15) is 0 Å². The van der Waals surface area contributed by atoms with Crippen LogP contribution in [0.3, 0.4) is 0 Å². The summed E-state index contributed by atoms with van der Waals surface area (Å²) in [7, 11) is 0. The van der Waals surface area contributed by atoms with E-state index in [4.69, 9.17) is 29.6 Å². The van der Waals surface area contributed by atoms with Crippen molar-refractivity contribution in [2.24, 2.45) is 0 Å². The number of unbranched alkanes of at least 4 members (excludes halogenated alkanes) is 1. The van der Waals surface area contributed by atoms with Gasteiger partial charge in [0, 0.05) is 6.54 Å². The van der Waals surface area contributed by atoms with E-state index in [-0.39, 0.29) is 6.61 Å². The lowest BCUT2D eigenvalue weighted by atomic mass is 10.3. The van der Waals surface area contributed by atoms with Crippen molar-refractivity contribution in [2.45, 2.75) is 12.8 Å². The van der Waals surface area contributed by atoms with E-state index in [0.717, 1.165) is 36.2 Å². The topological polar surface area (TPSA) is 116 Å². The molecule has 0 aliphatic carbocycles. The molecule has 0 spiro atoms. The van der Waals surface area contributed by atoms with Gasteiger partial charge in [0.1, 0.15) is 5.75 Å². The Kier molecular flexibility index (Phi) is 12.1. The molecule has 1 aromatic carbocycles. The van der Waals surface area contributed by atoms with E-state index < -0.39 is 11.9 Å². The lowest BCUT2D eigenvalue weighted by molar-refractivity contribution is -0.159. The normalized spacial score (nSPS) is 9.55. The van der Waals surface area contributed by atoms with Gasteiger partial charge < -0.3 is 25.4 Å². The summed E-state index contributed by atoms with van der Waals surface area (Å²) in [6.45, 7) is 2.53. The van der Waals surface area contributed by atoms with E-state index in [0.29, 0.717) is 6.54 Å². The van der Waals surface area contributed by atoms with E-state index in [1.165, 1.54) is 0 Å². The number of ether oxygens (including phenoxy) is 1. The summed E-state index contributed by atoms with van der Waals surface area (Å²) >= 11 is 3.43. The first-order valence-electron chi connectivity index (χ1n) is 6.64. The fraction of sp³-hybridized carbons (Fsp3) is 0.429. The lowest BCUT2D eigenvalue weighted by Gasteiger charge is -2.07. The minimum atomic E-state index is -1.82. The van der Waals surface area contributed by atoms with Crippen molar-refractivity contribution in [1.29, 1.82) is 0 Å². The van der Waals surface area contributed by atoms with E-state index in [2.05, 4.69) is 21.2 Å². The highest BCUT2D eigenvalue weighted by Gasteiger charge is 2.04. The highest BCUT2D eigenvalue weighted by molar-refractivity contribution is 9.10. The summed E-state index contributed by atoms with van der Waals surface area (Å²) in [6, 6.07) is 7.85. The largest absolute Gasteiger partial charge is 0.492 e. The first kappa shape index (κ1) is 20.4. The SMILES string of the molecule is O=C(O)C(=O)O.OCCNCCCCOc1ccccc1Br. The maximum atomic E-state index is 9.10. The number of aliphatic hydroxyl groups is 1. The van der Waals surface area contributed by atoms with Gasteiger partial charge in [0.15, 0.2) is 0 Å². The Bertz CT molecular complexity index is 443. The third kappa shape index (κ3) is 11.1. The molecular weight excluding hydrogens is 358 g/mol. The van der Waals surface area contributed by atoms with Crippen molar-refractivity contribution >= 4 is 27.9 Å². The molecule has 0 aromatic heterocycles. The van der Waals surface area contributed by atoms with Crippen molar-refractivity contribution < 1.29 is 29.6 Å². The van der Waals surface area contributed by atoms with E-state index in [9.17, 15) is 0 Å². The zero-order valence-electron chi connectivity index (χ0n) is 12.0. The molecule has 7 nitrogen and oxygen atoms in total. The Morgan fingerprint density at radius 2 is 1.73 bits per heavy atom. The van der Waals surface area contributed by atoms with E-state index in [1.54, 1.807) is 0 Å². The van der Waals surface area contributed by atoms with Crippen LogP contribution in [0.5, 0.6) is 5.75 Å².